The van der Waals surface area contributed by atoms with Crippen LogP contribution in [0.3, 0.4) is 0 Å². The monoisotopic (exact) mass is 187 g/mol. The van der Waals surface area contributed by atoms with E-state index in [1.807, 2.05) is 23.0 Å². The lowest BCUT2D eigenvalue weighted by Gasteiger charge is -2.17. The highest BCUT2D eigenvalue weighted by Crippen LogP contribution is 2.21. The summed E-state index contributed by atoms with van der Waals surface area (Å²) in [5.41, 5.74) is 2.50. The fourth-order valence-corrected chi connectivity index (χ4v) is 2.08. The first kappa shape index (κ1) is 7.85. The van der Waals surface area contributed by atoms with Gasteiger partial charge in [-0.25, -0.2) is 4.52 Å². The fraction of sp³-hybridized carbons (Fsp3) is 0.364. The van der Waals surface area contributed by atoms with Crippen molar-refractivity contribution >= 4 is 11.2 Å². The van der Waals surface area contributed by atoms with E-state index in [1.165, 1.54) is 37.1 Å². The molecular formula is C11H13N3. The summed E-state index contributed by atoms with van der Waals surface area (Å²) in [4.78, 5) is 2.44. The second kappa shape index (κ2) is 3.01. The number of hydrogen-bond donors (Lipinski definition) is 0. The average Bonchev–Trinajstić information content (AvgIpc) is 2.88. The van der Waals surface area contributed by atoms with Crippen LogP contribution < -0.4 is 4.90 Å². The van der Waals surface area contributed by atoms with Crippen LogP contribution in [0.25, 0.3) is 5.52 Å². The van der Waals surface area contributed by atoms with Crippen molar-refractivity contribution in [1.82, 2.24) is 9.61 Å². The highest BCUT2D eigenvalue weighted by atomic mass is 15.2. The van der Waals surface area contributed by atoms with Crippen LogP contribution in [0, 0.1) is 0 Å². The first-order chi connectivity index (χ1) is 6.93. The Morgan fingerprint density at radius 1 is 1.14 bits per heavy atom. The number of hydrogen-bond acceptors (Lipinski definition) is 2. The van der Waals surface area contributed by atoms with Gasteiger partial charge in [-0.05, 0) is 31.0 Å². The smallest absolute Gasteiger partial charge is 0.0682 e. The highest BCUT2D eigenvalue weighted by molar-refractivity contribution is 5.59. The lowest BCUT2D eigenvalue weighted by molar-refractivity contribution is 0.936. The zero-order valence-corrected chi connectivity index (χ0v) is 8.06. The summed E-state index contributed by atoms with van der Waals surface area (Å²) in [6.45, 7) is 2.40. The highest BCUT2D eigenvalue weighted by Gasteiger charge is 2.12. The molecule has 0 bridgehead atoms. The van der Waals surface area contributed by atoms with Crippen molar-refractivity contribution in [3.63, 3.8) is 0 Å². The molecule has 0 saturated carbocycles. The SMILES string of the molecule is c1cc2cc(N3CCCC3)ccn2n1. The van der Waals surface area contributed by atoms with E-state index in [2.05, 4.69) is 22.1 Å². The van der Waals surface area contributed by atoms with Crippen LogP contribution >= 0.6 is 0 Å². The Morgan fingerprint density at radius 2 is 2.00 bits per heavy atom. The Hall–Kier alpha value is -1.51. The lowest BCUT2D eigenvalue weighted by Crippen LogP contribution is -2.17. The van der Waals surface area contributed by atoms with Crippen LogP contribution in [-0.2, 0) is 0 Å². The van der Waals surface area contributed by atoms with E-state index in [0.29, 0.717) is 0 Å². The Bertz CT molecular complexity index is 440. The van der Waals surface area contributed by atoms with Crippen molar-refractivity contribution in [2.75, 3.05) is 18.0 Å². The van der Waals surface area contributed by atoms with Crippen molar-refractivity contribution in [2.24, 2.45) is 0 Å². The largest absolute Gasteiger partial charge is 0.371 e. The number of fused-ring (bicyclic) bond motifs is 1. The van der Waals surface area contributed by atoms with E-state index in [-0.39, 0.29) is 0 Å². The third-order valence-corrected chi connectivity index (χ3v) is 2.85. The molecule has 1 aliphatic heterocycles. The molecule has 1 aliphatic rings. The minimum absolute atomic E-state index is 1.18. The summed E-state index contributed by atoms with van der Waals surface area (Å²) < 4.78 is 1.90. The van der Waals surface area contributed by atoms with Crippen molar-refractivity contribution in [2.45, 2.75) is 12.8 Å². The zero-order valence-electron chi connectivity index (χ0n) is 8.06. The van der Waals surface area contributed by atoms with Gasteiger partial charge >= 0.3 is 0 Å². The van der Waals surface area contributed by atoms with Crippen LogP contribution in [0.15, 0.2) is 30.6 Å². The first-order valence-corrected chi connectivity index (χ1v) is 5.12. The zero-order chi connectivity index (χ0) is 9.38. The van der Waals surface area contributed by atoms with E-state index in [1.54, 1.807) is 0 Å². The van der Waals surface area contributed by atoms with Crippen LogP contribution in [0.2, 0.25) is 0 Å². The summed E-state index contributed by atoms with van der Waals surface area (Å²) in [7, 11) is 0. The third-order valence-electron chi connectivity index (χ3n) is 2.85. The van der Waals surface area contributed by atoms with Gasteiger partial charge in [0.25, 0.3) is 0 Å². The third kappa shape index (κ3) is 1.16. The van der Waals surface area contributed by atoms with Gasteiger partial charge in [-0.2, -0.15) is 5.10 Å². The molecule has 0 amide bonds. The maximum Gasteiger partial charge on any atom is 0.0682 e. The molecule has 3 nitrogen and oxygen atoms in total. The first-order valence-electron chi connectivity index (χ1n) is 5.12. The minimum Gasteiger partial charge on any atom is -0.371 e. The van der Waals surface area contributed by atoms with Gasteiger partial charge in [-0.15, -0.1) is 0 Å². The lowest BCUT2D eigenvalue weighted by atomic mass is 10.3. The van der Waals surface area contributed by atoms with Crippen molar-refractivity contribution in [1.29, 1.82) is 0 Å². The van der Waals surface area contributed by atoms with Crippen molar-refractivity contribution < 1.29 is 0 Å². The molecule has 3 rings (SSSR count). The topological polar surface area (TPSA) is 20.5 Å². The molecule has 3 heteroatoms. The summed E-state index contributed by atoms with van der Waals surface area (Å²) >= 11 is 0. The van der Waals surface area contributed by atoms with E-state index in [4.69, 9.17) is 0 Å². The fourth-order valence-electron chi connectivity index (χ4n) is 2.08. The summed E-state index contributed by atoms with van der Waals surface area (Å²) in [5.74, 6) is 0. The predicted molar refractivity (Wildman–Crippen MR) is 56.6 cm³/mol. The number of anilines is 1. The molecule has 0 radical (unpaired) electrons. The predicted octanol–water partition coefficient (Wildman–Crippen LogP) is 1.93. The number of nitrogens with zero attached hydrogens (tertiary/aromatic N) is 3. The normalized spacial score (nSPS) is 16.7. The molecule has 0 atom stereocenters. The molecule has 0 N–H and O–H groups in total. The van der Waals surface area contributed by atoms with Gasteiger partial charge in [0.05, 0.1) is 5.52 Å². The number of pyridine rings is 1. The van der Waals surface area contributed by atoms with Gasteiger partial charge < -0.3 is 4.90 Å². The molecule has 1 fully saturated rings. The Morgan fingerprint density at radius 3 is 2.86 bits per heavy atom. The van der Waals surface area contributed by atoms with E-state index < -0.39 is 0 Å². The van der Waals surface area contributed by atoms with Gasteiger partial charge in [-0.3, -0.25) is 0 Å². The molecule has 1 saturated heterocycles. The summed E-state index contributed by atoms with van der Waals surface area (Å²) in [5, 5.41) is 4.18. The van der Waals surface area contributed by atoms with Crippen LogP contribution in [0.1, 0.15) is 12.8 Å². The maximum absolute atomic E-state index is 4.18. The molecule has 72 valence electrons. The van der Waals surface area contributed by atoms with Crippen molar-refractivity contribution in [3.05, 3.63) is 30.6 Å². The van der Waals surface area contributed by atoms with Crippen molar-refractivity contribution in [3.8, 4) is 0 Å². The second-order valence-electron chi connectivity index (χ2n) is 3.78. The van der Waals surface area contributed by atoms with Crippen LogP contribution in [-0.4, -0.2) is 22.7 Å². The molecule has 0 aromatic carbocycles. The molecule has 14 heavy (non-hydrogen) atoms. The van der Waals surface area contributed by atoms with E-state index in [0.717, 1.165) is 0 Å². The molecule has 0 unspecified atom stereocenters. The van der Waals surface area contributed by atoms with Gasteiger partial charge in [0.15, 0.2) is 0 Å². The van der Waals surface area contributed by atoms with Gasteiger partial charge in [-0.1, -0.05) is 0 Å². The molecular weight excluding hydrogens is 174 g/mol. The maximum atomic E-state index is 4.18. The molecule has 0 aliphatic carbocycles. The van der Waals surface area contributed by atoms with Crippen LogP contribution in [0.4, 0.5) is 5.69 Å². The van der Waals surface area contributed by atoms with Gasteiger partial charge in [0.1, 0.15) is 0 Å². The Labute approximate surface area is 83.0 Å². The number of aromatic nitrogens is 2. The van der Waals surface area contributed by atoms with Crippen LogP contribution in [0.5, 0.6) is 0 Å². The molecule has 2 aromatic rings. The average molecular weight is 187 g/mol. The summed E-state index contributed by atoms with van der Waals surface area (Å²) in [6.07, 6.45) is 6.51. The quantitative estimate of drug-likeness (QED) is 0.680. The molecule has 2 aromatic heterocycles. The van der Waals surface area contributed by atoms with Gasteiger partial charge in [0, 0.05) is 31.2 Å². The Balaban J connectivity index is 2.04. The molecule has 3 heterocycles. The second-order valence-corrected chi connectivity index (χ2v) is 3.78. The molecule has 0 spiro atoms. The Kier molecular flexibility index (Phi) is 1.69. The van der Waals surface area contributed by atoms with E-state index in [9.17, 15) is 0 Å². The van der Waals surface area contributed by atoms with Gasteiger partial charge in [0.2, 0.25) is 0 Å². The summed E-state index contributed by atoms with van der Waals surface area (Å²) in [6, 6.07) is 6.39. The number of rotatable bonds is 1. The minimum atomic E-state index is 1.18. The van der Waals surface area contributed by atoms with E-state index >= 15 is 0 Å². The standard InChI is InChI=1S/C11H13N3/c1-2-7-13(6-1)10-4-8-14-11(9-10)3-5-12-14/h3-5,8-9H,1-2,6-7H2.